The summed E-state index contributed by atoms with van der Waals surface area (Å²) in [5.41, 5.74) is 4.60. The molecule has 1 fully saturated rings. The number of amides is 1. The van der Waals surface area contributed by atoms with E-state index in [0.29, 0.717) is 11.6 Å². The highest BCUT2D eigenvalue weighted by Crippen LogP contribution is 2.29. The molecule has 33 heavy (non-hydrogen) atoms. The number of anilines is 3. The maximum Gasteiger partial charge on any atom is 0.247 e. The summed E-state index contributed by atoms with van der Waals surface area (Å²) in [7, 11) is -1.46. The van der Waals surface area contributed by atoms with Gasteiger partial charge in [-0.1, -0.05) is 32.1 Å². The number of benzene rings is 1. The van der Waals surface area contributed by atoms with E-state index in [9.17, 15) is 4.79 Å². The first-order valence-electron chi connectivity index (χ1n) is 10.9. The van der Waals surface area contributed by atoms with E-state index in [2.05, 4.69) is 73.4 Å². The Morgan fingerprint density at radius 2 is 2.09 bits per heavy atom. The highest BCUT2D eigenvalue weighted by molar-refractivity contribution is 6.83. The monoisotopic (exact) mass is 457 g/mol. The average Bonchev–Trinajstić information content (AvgIpc) is 3.25. The number of hydrogen-bond acceptors (Lipinski definition) is 7. The molecule has 1 aliphatic heterocycles. The van der Waals surface area contributed by atoms with Gasteiger partial charge in [-0.2, -0.15) is 0 Å². The number of carbonyl (C=O) groups is 1. The average molecular weight is 458 g/mol. The molecule has 8 nitrogen and oxygen atoms in total. The highest BCUT2D eigenvalue weighted by atomic mass is 28.3. The number of carbonyl (C=O) groups excluding carboxylic acids is 1. The van der Waals surface area contributed by atoms with Crippen LogP contribution in [-0.4, -0.2) is 53.3 Å². The van der Waals surface area contributed by atoms with Gasteiger partial charge in [-0.05, 0) is 42.1 Å². The first kappa shape index (κ1) is 22.4. The van der Waals surface area contributed by atoms with Crippen molar-refractivity contribution in [1.29, 1.82) is 0 Å². The molecule has 1 atom stereocenters. The van der Waals surface area contributed by atoms with Gasteiger partial charge in [-0.15, -0.1) is 15.7 Å². The topological polar surface area (TPSA) is 95.9 Å². The number of nitrogens with zero attached hydrogens (tertiary/aromatic N) is 5. The van der Waals surface area contributed by atoms with Gasteiger partial charge in [0.15, 0.2) is 5.69 Å². The zero-order valence-electron chi connectivity index (χ0n) is 19.1. The van der Waals surface area contributed by atoms with Crippen LogP contribution >= 0.6 is 0 Å². The third-order valence-electron chi connectivity index (χ3n) is 5.14. The summed E-state index contributed by atoms with van der Waals surface area (Å²) in [6.45, 7) is 11.7. The Morgan fingerprint density at radius 3 is 2.82 bits per heavy atom. The van der Waals surface area contributed by atoms with Crippen LogP contribution in [0.15, 0.2) is 49.3 Å². The second-order valence-corrected chi connectivity index (χ2v) is 13.8. The summed E-state index contributed by atoms with van der Waals surface area (Å²) in [4.78, 5) is 22.9. The van der Waals surface area contributed by atoms with Crippen LogP contribution in [0.25, 0.3) is 10.8 Å². The Kier molecular flexibility index (Phi) is 6.37. The van der Waals surface area contributed by atoms with Gasteiger partial charge in [0.05, 0.1) is 6.20 Å². The molecule has 0 spiro atoms. The summed E-state index contributed by atoms with van der Waals surface area (Å²) in [6, 6.07) is 7.95. The Balaban J connectivity index is 1.44. The molecule has 2 N–H and O–H groups in total. The zero-order valence-corrected chi connectivity index (χ0v) is 20.1. The Hall–Kier alpha value is -3.77. The fourth-order valence-corrected chi connectivity index (χ4v) is 4.09. The van der Waals surface area contributed by atoms with Gasteiger partial charge in [-0.3, -0.25) is 4.79 Å². The number of rotatable bonds is 5. The van der Waals surface area contributed by atoms with E-state index < -0.39 is 8.07 Å². The molecule has 1 aliphatic rings. The van der Waals surface area contributed by atoms with Gasteiger partial charge < -0.3 is 15.5 Å². The van der Waals surface area contributed by atoms with Crippen molar-refractivity contribution in [2.75, 3.05) is 28.6 Å². The Labute approximate surface area is 194 Å². The molecule has 0 unspecified atom stereocenters. The first-order chi connectivity index (χ1) is 15.8. The largest absolute Gasteiger partial charge is 0.354 e. The third-order valence-corrected chi connectivity index (χ3v) is 6.02. The fourth-order valence-electron chi connectivity index (χ4n) is 3.59. The van der Waals surface area contributed by atoms with Crippen LogP contribution in [0.3, 0.4) is 0 Å². The van der Waals surface area contributed by atoms with Crippen LogP contribution in [-0.2, 0) is 4.79 Å². The summed E-state index contributed by atoms with van der Waals surface area (Å²) in [6.07, 6.45) is 5.66. The Morgan fingerprint density at radius 1 is 1.24 bits per heavy atom. The van der Waals surface area contributed by atoms with E-state index >= 15 is 0 Å². The van der Waals surface area contributed by atoms with Crippen LogP contribution in [0.1, 0.15) is 12.1 Å². The fraction of sp³-hybridized carbons (Fsp3) is 0.292. The van der Waals surface area contributed by atoms with Crippen LogP contribution in [0.5, 0.6) is 0 Å². The predicted molar refractivity (Wildman–Crippen MR) is 135 cm³/mol. The summed E-state index contributed by atoms with van der Waals surface area (Å²) in [5, 5.41) is 16.6. The lowest BCUT2D eigenvalue weighted by atomic mass is 10.1. The normalized spacial score (nSPS) is 15.6. The molecule has 0 aliphatic carbocycles. The summed E-state index contributed by atoms with van der Waals surface area (Å²) in [5.74, 6) is 4.27. The molecule has 1 aromatic carbocycles. The number of nitrogens with one attached hydrogen (secondary N) is 2. The molecule has 1 amide bonds. The molecule has 0 saturated carbocycles. The maximum atomic E-state index is 11.6. The van der Waals surface area contributed by atoms with Crippen molar-refractivity contribution in [2.24, 2.45) is 0 Å². The molecule has 4 rings (SSSR count). The number of pyridine rings is 1. The van der Waals surface area contributed by atoms with E-state index in [0.717, 1.165) is 41.8 Å². The van der Waals surface area contributed by atoms with Gasteiger partial charge in [-0.25, -0.2) is 9.97 Å². The first-order valence-corrected chi connectivity index (χ1v) is 14.4. The molecule has 3 heterocycles. The van der Waals surface area contributed by atoms with E-state index in [-0.39, 0.29) is 11.9 Å². The number of fused-ring (bicyclic) bond motifs is 1. The number of hydrogen-bond donors (Lipinski definition) is 2. The lowest BCUT2D eigenvalue weighted by Crippen LogP contribution is -2.27. The second kappa shape index (κ2) is 9.38. The summed E-state index contributed by atoms with van der Waals surface area (Å²) < 4.78 is 0. The van der Waals surface area contributed by atoms with Crippen molar-refractivity contribution in [3.05, 3.63) is 55.0 Å². The summed E-state index contributed by atoms with van der Waals surface area (Å²) >= 11 is 0. The van der Waals surface area contributed by atoms with Gasteiger partial charge in [0.1, 0.15) is 13.9 Å². The molecule has 1 saturated heterocycles. The second-order valence-electron chi connectivity index (χ2n) is 9.01. The van der Waals surface area contributed by atoms with Gasteiger partial charge >= 0.3 is 0 Å². The molecule has 0 bridgehead atoms. The van der Waals surface area contributed by atoms with Crippen LogP contribution < -0.4 is 15.5 Å². The van der Waals surface area contributed by atoms with E-state index in [1.54, 1.807) is 12.4 Å². The molecule has 168 valence electrons. The highest BCUT2D eigenvalue weighted by Gasteiger charge is 2.25. The molecular formula is C24H27N7OSi. The van der Waals surface area contributed by atoms with Crippen LogP contribution in [0.4, 0.5) is 17.5 Å². The molecule has 2 aromatic heterocycles. The van der Waals surface area contributed by atoms with Crippen molar-refractivity contribution < 1.29 is 4.79 Å². The smallest absolute Gasteiger partial charge is 0.247 e. The minimum absolute atomic E-state index is 0.189. The minimum Gasteiger partial charge on any atom is -0.354 e. The third kappa shape index (κ3) is 5.73. The number of aromatic nitrogens is 4. The van der Waals surface area contributed by atoms with Crippen LogP contribution in [0, 0.1) is 11.5 Å². The molecular weight excluding hydrogens is 430 g/mol. The van der Waals surface area contributed by atoms with Crippen molar-refractivity contribution >= 4 is 42.2 Å². The Bertz CT molecular complexity index is 1240. The minimum atomic E-state index is -1.46. The zero-order chi connectivity index (χ0) is 23.4. The van der Waals surface area contributed by atoms with Crippen molar-refractivity contribution in [3.63, 3.8) is 0 Å². The molecule has 9 heteroatoms. The maximum absolute atomic E-state index is 11.6. The standard InChI is InChI=1S/C24H27N7OSi/c1-5-22(32)27-18-6-7-21-17(14-18)8-11-25-23(21)31-12-9-20(16-31)28-24-26-15-19(29-30-24)10-13-33(2,3)4/h5-8,11,14-15,20H,1,9,12,16H2,2-4H3,(H,27,32)(H,26,28,30)/t20-/m1/s1. The predicted octanol–water partition coefficient (Wildman–Crippen LogP) is 3.46. The molecule has 0 radical (unpaired) electrons. The lowest BCUT2D eigenvalue weighted by Gasteiger charge is -2.20. The van der Waals surface area contributed by atoms with Crippen molar-refractivity contribution in [1.82, 2.24) is 20.2 Å². The van der Waals surface area contributed by atoms with Crippen LogP contribution in [0.2, 0.25) is 19.6 Å². The quantitative estimate of drug-likeness (QED) is 0.344. The van der Waals surface area contributed by atoms with E-state index in [1.165, 1.54) is 6.08 Å². The van der Waals surface area contributed by atoms with Gasteiger partial charge in [0, 0.05) is 36.4 Å². The van der Waals surface area contributed by atoms with Gasteiger partial charge in [0.25, 0.3) is 0 Å². The van der Waals surface area contributed by atoms with E-state index in [1.807, 2.05) is 24.3 Å². The van der Waals surface area contributed by atoms with Crippen molar-refractivity contribution in [2.45, 2.75) is 32.1 Å². The van der Waals surface area contributed by atoms with E-state index in [4.69, 9.17) is 0 Å². The van der Waals surface area contributed by atoms with Crippen molar-refractivity contribution in [3.8, 4) is 11.5 Å². The lowest BCUT2D eigenvalue weighted by molar-refractivity contribution is -0.111. The van der Waals surface area contributed by atoms with Gasteiger partial charge in [0.2, 0.25) is 11.9 Å². The SMILES string of the molecule is C=CC(=O)Nc1ccc2c(N3CC[C@@H](Nc4ncc(C#C[Si](C)(C)C)nn4)C3)nccc2c1. The molecule has 3 aromatic rings.